The third kappa shape index (κ3) is 9.15. The molecule has 0 aliphatic rings. The van der Waals surface area contributed by atoms with Gasteiger partial charge in [0.05, 0.1) is 13.2 Å². The number of nitrogens with one attached hydrogen (secondary N) is 2. The molecule has 0 fully saturated rings. The van der Waals surface area contributed by atoms with E-state index >= 15 is 0 Å². The lowest BCUT2D eigenvalue weighted by atomic mass is 9.92. The molecule has 0 aliphatic heterocycles. The topological polar surface area (TPSA) is 76.7 Å². The summed E-state index contributed by atoms with van der Waals surface area (Å²) in [6.45, 7) is 7.31. The quantitative estimate of drug-likeness (QED) is 0.675. The Bertz CT molecular complexity index is 538. The molecule has 0 saturated carbocycles. The highest BCUT2D eigenvalue weighted by Crippen LogP contribution is 2.17. The average Bonchev–Trinajstić information content (AvgIpc) is 2.50. The molecule has 1 aromatic carbocycles. The first-order chi connectivity index (χ1) is 11.3. The minimum Gasteiger partial charge on any atom is -0.491 e. The van der Waals surface area contributed by atoms with Gasteiger partial charge in [0, 0.05) is 20.1 Å². The van der Waals surface area contributed by atoms with Crippen molar-refractivity contribution in [2.75, 3.05) is 26.9 Å². The predicted octanol–water partition coefficient (Wildman–Crippen LogP) is 1.88. The van der Waals surface area contributed by atoms with Crippen molar-refractivity contribution in [1.29, 1.82) is 0 Å². The molecule has 0 aliphatic carbocycles. The van der Waals surface area contributed by atoms with Gasteiger partial charge in [-0.15, -0.1) is 0 Å². The number of ether oxygens (including phenoxy) is 2. The minimum atomic E-state index is -0.219. The van der Waals surface area contributed by atoms with Crippen LogP contribution in [0.4, 0.5) is 0 Å². The fourth-order valence-corrected chi connectivity index (χ4v) is 1.97. The maximum Gasteiger partial charge on any atom is 0.239 e. The second-order valence-corrected chi connectivity index (χ2v) is 6.78. The van der Waals surface area contributed by atoms with Crippen LogP contribution in [0.15, 0.2) is 24.3 Å². The zero-order valence-corrected chi connectivity index (χ0v) is 15.0. The maximum absolute atomic E-state index is 11.8. The summed E-state index contributed by atoms with van der Waals surface area (Å²) in [4.78, 5) is 23.5. The van der Waals surface area contributed by atoms with E-state index in [0.717, 1.165) is 11.3 Å². The van der Waals surface area contributed by atoms with Crippen LogP contribution in [-0.2, 0) is 20.9 Å². The van der Waals surface area contributed by atoms with E-state index in [1.54, 1.807) is 7.11 Å². The molecule has 134 valence electrons. The van der Waals surface area contributed by atoms with Crippen LogP contribution in [0.1, 0.15) is 32.8 Å². The van der Waals surface area contributed by atoms with Crippen LogP contribution >= 0.6 is 0 Å². The molecule has 0 radical (unpaired) electrons. The monoisotopic (exact) mass is 336 g/mol. The summed E-state index contributed by atoms with van der Waals surface area (Å²) in [5.74, 6) is 0.395. The van der Waals surface area contributed by atoms with Gasteiger partial charge in [0.1, 0.15) is 12.4 Å². The van der Waals surface area contributed by atoms with E-state index < -0.39 is 0 Å². The van der Waals surface area contributed by atoms with Crippen LogP contribution in [0, 0.1) is 5.41 Å². The van der Waals surface area contributed by atoms with E-state index in [9.17, 15) is 9.59 Å². The summed E-state index contributed by atoms with van der Waals surface area (Å²) >= 11 is 0. The van der Waals surface area contributed by atoms with Crippen molar-refractivity contribution in [2.24, 2.45) is 5.41 Å². The van der Waals surface area contributed by atoms with Gasteiger partial charge in [-0.05, 0) is 23.1 Å². The average molecular weight is 336 g/mol. The lowest BCUT2D eigenvalue weighted by Gasteiger charge is -2.17. The van der Waals surface area contributed by atoms with Crippen LogP contribution < -0.4 is 15.4 Å². The number of methoxy groups -OCH3 is 1. The van der Waals surface area contributed by atoms with Crippen molar-refractivity contribution in [3.63, 3.8) is 0 Å². The first-order valence-corrected chi connectivity index (χ1v) is 8.04. The third-order valence-corrected chi connectivity index (χ3v) is 3.08. The summed E-state index contributed by atoms with van der Waals surface area (Å²) in [6.07, 6.45) is 0.390. The Labute approximate surface area is 143 Å². The molecule has 0 unspecified atom stereocenters. The van der Waals surface area contributed by atoms with Crippen molar-refractivity contribution >= 4 is 11.8 Å². The number of rotatable bonds is 9. The molecule has 0 aromatic heterocycles. The molecular formula is C18H28N2O4. The number of benzene rings is 1. The Morgan fingerprint density at radius 2 is 1.83 bits per heavy atom. The Morgan fingerprint density at radius 3 is 2.50 bits per heavy atom. The third-order valence-electron chi connectivity index (χ3n) is 3.08. The van der Waals surface area contributed by atoms with Crippen LogP contribution in [0.5, 0.6) is 5.75 Å². The first kappa shape index (κ1) is 20.0. The number of carbonyl (C=O) groups excluding carboxylic acids is 2. The molecule has 0 spiro atoms. The highest BCUT2D eigenvalue weighted by Gasteiger charge is 2.16. The zero-order chi connectivity index (χ0) is 18.0. The summed E-state index contributed by atoms with van der Waals surface area (Å²) in [5.41, 5.74) is 0.836. The Kier molecular flexibility index (Phi) is 8.26. The van der Waals surface area contributed by atoms with Gasteiger partial charge in [-0.25, -0.2) is 0 Å². The van der Waals surface area contributed by atoms with Crippen molar-refractivity contribution in [2.45, 2.75) is 33.7 Å². The Hall–Kier alpha value is -2.08. The maximum atomic E-state index is 11.8. The summed E-state index contributed by atoms with van der Waals surface area (Å²) < 4.78 is 10.5. The molecule has 1 rings (SSSR count). The fraction of sp³-hybridized carbons (Fsp3) is 0.556. The molecule has 1 aromatic rings. The molecular weight excluding hydrogens is 308 g/mol. The smallest absolute Gasteiger partial charge is 0.239 e. The second-order valence-electron chi connectivity index (χ2n) is 6.78. The van der Waals surface area contributed by atoms with Gasteiger partial charge >= 0.3 is 0 Å². The normalized spacial score (nSPS) is 11.0. The molecule has 0 bridgehead atoms. The molecule has 0 saturated heterocycles. The largest absolute Gasteiger partial charge is 0.491 e. The van der Waals surface area contributed by atoms with Crippen molar-refractivity contribution in [3.05, 3.63) is 29.8 Å². The Morgan fingerprint density at radius 1 is 1.08 bits per heavy atom. The van der Waals surface area contributed by atoms with Gasteiger partial charge in [0.15, 0.2) is 0 Å². The van der Waals surface area contributed by atoms with E-state index in [4.69, 9.17) is 9.47 Å². The molecule has 0 heterocycles. The molecule has 2 N–H and O–H groups in total. The fourth-order valence-electron chi connectivity index (χ4n) is 1.97. The second kappa shape index (κ2) is 9.93. The van der Waals surface area contributed by atoms with E-state index in [0.29, 0.717) is 26.2 Å². The molecule has 24 heavy (non-hydrogen) atoms. The van der Waals surface area contributed by atoms with Gasteiger partial charge in [0.2, 0.25) is 11.8 Å². The van der Waals surface area contributed by atoms with Gasteiger partial charge in [-0.2, -0.15) is 0 Å². The standard InChI is InChI=1S/C18H28N2O4/c1-18(2,3)11-16(21)20-13-17(22)19-12-14-6-5-7-15(10-14)24-9-8-23-4/h5-7,10H,8-9,11-13H2,1-4H3,(H,19,22)(H,20,21). The first-order valence-electron chi connectivity index (χ1n) is 8.04. The molecule has 6 heteroatoms. The van der Waals surface area contributed by atoms with Gasteiger partial charge in [-0.1, -0.05) is 32.9 Å². The zero-order valence-electron chi connectivity index (χ0n) is 15.0. The number of amides is 2. The van der Waals surface area contributed by atoms with Crippen LogP contribution in [0.2, 0.25) is 0 Å². The van der Waals surface area contributed by atoms with Gasteiger partial charge in [-0.3, -0.25) is 9.59 Å². The lowest BCUT2D eigenvalue weighted by Crippen LogP contribution is -2.37. The summed E-state index contributed by atoms with van der Waals surface area (Å²) in [6, 6.07) is 7.50. The van der Waals surface area contributed by atoms with Crippen molar-refractivity contribution < 1.29 is 19.1 Å². The van der Waals surface area contributed by atoms with Crippen molar-refractivity contribution in [3.8, 4) is 5.75 Å². The van der Waals surface area contributed by atoms with E-state index in [1.807, 2.05) is 45.0 Å². The van der Waals surface area contributed by atoms with Crippen LogP contribution in [0.25, 0.3) is 0 Å². The van der Waals surface area contributed by atoms with Crippen LogP contribution in [0.3, 0.4) is 0 Å². The van der Waals surface area contributed by atoms with Crippen molar-refractivity contribution in [1.82, 2.24) is 10.6 Å². The summed E-state index contributed by atoms with van der Waals surface area (Å²) in [7, 11) is 1.62. The van der Waals surface area contributed by atoms with E-state index in [1.165, 1.54) is 0 Å². The predicted molar refractivity (Wildman–Crippen MR) is 92.7 cm³/mol. The lowest BCUT2D eigenvalue weighted by molar-refractivity contribution is -0.127. The van der Waals surface area contributed by atoms with Gasteiger partial charge < -0.3 is 20.1 Å². The molecule has 6 nitrogen and oxygen atoms in total. The molecule has 2 amide bonds. The minimum absolute atomic E-state index is 0.0149. The number of hydrogen-bond acceptors (Lipinski definition) is 4. The Balaban J connectivity index is 2.33. The van der Waals surface area contributed by atoms with Crippen LogP contribution in [-0.4, -0.2) is 38.7 Å². The number of carbonyl (C=O) groups is 2. The summed E-state index contributed by atoms with van der Waals surface area (Å²) in [5, 5.41) is 5.41. The highest BCUT2D eigenvalue weighted by atomic mass is 16.5. The number of hydrogen-bond donors (Lipinski definition) is 2. The van der Waals surface area contributed by atoms with E-state index in [2.05, 4.69) is 10.6 Å². The molecule has 0 atom stereocenters. The van der Waals surface area contributed by atoms with Gasteiger partial charge in [0.25, 0.3) is 0 Å². The SMILES string of the molecule is COCCOc1cccc(CNC(=O)CNC(=O)CC(C)(C)C)c1. The highest BCUT2D eigenvalue weighted by molar-refractivity contribution is 5.84. The van der Waals surface area contributed by atoms with E-state index in [-0.39, 0.29) is 23.8 Å².